The minimum Gasteiger partial charge on any atom is -0.497 e. The van der Waals surface area contributed by atoms with E-state index in [2.05, 4.69) is 4.98 Å². The number of benzene rings is 1. The lowest BCUT2D eigenvalue weighted by molar-refractivity contribution is -0.119. The summed E-state index contributed by atoms with van der Waals surface area (Å²) in [5.41, 5.74) is 1.03. The minimum atomic E-state index is 0.0538. The van der Waals surface area contributed by atoms with Crippen LogP contribution in [0.15, 0.2) is 41.8 Å². The van der Waals surface area contributed by atoms with Crippen LogP contribution in [0.2, 0.25) is 0 Å². The highest BCUT2D eigenvalue weighted by molar-refractivity contribution is 8.00. The van der Waals surface area contributed by atoms with Crippen LogP contribution < -0.4 is 4.74 Å². The van der Waals surface area contributed by atoms with E-state index < -0.39 is 0 Å². The van der Waals surface area contributed by atoms with E-state index in [-0.39, 0.29) is 5.25 Å². The summed E-state index contributed by atoms with van der Waals surface area (Å²) < 4.78 is 7.20. The molecular weight excluding hydrogens is 284 g/mol. The van der Waals surface area contributed by atoms with E-state index in [1.807, 2.05) is 35.0 Å². The van der Waals surface area contributed by atoms with E-state index in [9.17, 15) is 4.79 Å². The molecule has 3 rings (SSSR count). The van der Waals surface area contributed by atoms with Gasteiger partial charge in [-0.15, -0.1) is 0 Å². The van der Waals surface area contributed by atoms with Gasteiger partial charge in [-0.1, -0.05) is 18.2 Å². The molecule has 1 fully saturated rings. The maximum atomic E-state index is 12.0. The van der Waals surface area contributed by atoms with Gasteiger partial charge in [-0.3, -0.25) is 9.36 Å². The number of hydrogen-bond acceptors (Lipinski definition) is 4. The van der Waals surface area contributed by atoms with E-state index >= 15 is 0 Å². The molecule has 1 heterocycles. The third kappa shape index (κ3) is 3.13. The van der Waals surface area contributed by atoms with Crippen molar-refractivity contribution in [2.75, 3.05) is 7.11 Å². The number of Topliss-reactive ketones (excluding diaryl/α,β-unsaturated/α-hetero) is 1. The second-order valence-electron chi connectivity index (χ2n) is 5.10. The maximum absolute atomic E-state index is 12.0. The van der Waals surface area contributed by atoms with Crippen molar-refractivity contribution in [3.63, 3.8) is 0 Å². The molecule has 2 aromatic rings. The molecule has 0 N–H and O–H groups in total. The summed E-state index contributed by atoms with van der Waals surface area (Å²) in [7, 11) is 1.65. The van der Waals surface area contributed by atoms with Gasteiger partial charge in [0, 0.05) is 24.5 Å². The Morgan fingerprint density at radius 2 is 2.10 bits per heavy atom. The molecule has 1 aliphatic carbocycles. The maximum Gasteiger partial charge on any atom is 0.173 e. The highest BCUT2D eigenvalue weighted by Crippen LogP contribution is 2.32. The number of carbonyl (C=O) groups excluding carboxylic acids is 1. The molecule has 1 saturated carbocycles. The minimum absolute atomic E-state index is 0.0538. The molecule has 1 aromatic heterocycles. The first kappa shape index (κ1) is 14.2. The molecule has 1 atom stereocenters. The van der Waals surface area contributed by atoms with E-state index in [1.54, 1.807) is 25.1 Å². The largest absolute Gasteiger partial charge is 0.497 e. The van der Waals surface area contributed by atoms with Crippen LogP contribution in [0, 0.1) is 0 Å². The fraction of sp³-hybridized carbons (Fsp3) is 0.375. The smallest absolute Gasteiger partial charge is 0.173 e. The van der Waals surface area contributed by atoms with Crippen molar-refractivity contribution in [3.05, 3.63) is 36.7 Å². The Balaban J connectivity index is 1.81. The third-order valence-electron chi connectivity index (χ3n) is 3.70. The summed E-state index contributed by atoms with van der Waals surface area (Å²) in [6.07, 6.45) is 7.53. The zero-order valence-corrected chi connectivity index (χ0v) is 12.8. The van der Waals surface area contributed by atoms with Crippen molar-refractivity contribution >= 4 is 17.5 Å². The lowest BCUT2D eigenvalue weighted by Crippen LogP contribution is -2.21. The summed E-state index contributed by atoms with van der Waals surface area (Å²) in [4.78, 5) is 16.4. The van der Waals surface area contributed by atoms with E-state index in [0.717, 1.165) is 35.9 Å². The highest BCUT2D eigenvalue weighted by Gasteiger charge is 2.24. The molecular formula is C16H18N2O2S. The second kappa shape index (κ2) is 6.35. The van der Waals surface area contributed by atoms with Crippen molar-refractivity contribution in [3.8, 4) is 11.4 Å². The van der Waals surface area contributed by atoms with Crippen LogP contribution in [-0.2, 0) is 4.79 Å². The molecule has 0 bridgehead atoms. The number of nitrogens with zero attached hydrogens (tertiary/aromatic N) is 2. The number of ether oxygens (including phenoxy) is 1. The highest BCUT2D eigenvalue weighted by atomic mass is 32.2. The predicted octanol–water partition coefficient (Wildman–Crippen LogP) is 3.48. The van der Waals surface area contributed by atoms with Gasteiger partial charge in [0.2, 0.25) is 0 Å². The predicted molar refractivity (Wildman–Crippen MR) is 83.2 cm³/mol. The molecule has 0 amide bonds. The lowest BCUT2D eigenvalue weighted by atomic mass is 9.99. The Morgan fingerprint density at radius 1 is 1.29 bits per heavy atom. The molecule has 0 radical (unpaired) electrons. The fourth-order valence-electron chi connectivity index (χ4n) is 2.52. The van der Waals surface area contributed by atoms with E-state index in [4.69, 9.17) is 4.74 Å². The third-order valence-corrected chi connectivity index (χ3v) is 5.00. The van der Waals surface area contributed by atoms with Crippen LogP contribution in [0.5, 0.6) is 5.75 Å². The summed E-state index contributed by atoms with van der Waals surface area (Å²) in [6, 6.07) is 7.84. The second-order valence-corrected chi connectivity index (χ2v) is 6.27. The lowest BCUT2D eigenvalue weighted by Gasteiger charge is -2.19. The first-order valence-electron chi connectivity index (χ1n) is 7.15. The topological polar surface area (TPSA) is 44.1 Å². The van der Waals surface area contributed by atoms with Gasteiger partial charge < -0.3 is 4.74 Å². The molecule has 4 nitrogen and oxygen atoms in total. The van der Waals surface area contributed by atoms with E-state index in [1.165, 1.54) is 0 Å². The zero-order valence-electron chi connectivity index (χ0n) is 12.0. The molecule has 0 saturated heterocycles. The molecule has 0 unspecified atom stereocenters. The van der Waals surface area contributed by atoms with Gasteiger partial charge in [-0.05, 0) is 37.1 Å². The molecule has 0 aliphatic heterocycles. The number of methoxy groups -OCH3 is 1. The number of thioether (sulfide) groups is 1. The van der Waals surface area contributed by atoms with Gasteiger partial charge in [-0.2, -0.15) is 0 Å². The zero-order chi connectivity index (χ0) is 14.7. The SMILES string of the molecule is COc1ccc(-n2ccnc2S[C@H]2CCCCC2=O)cc1. The van der Waals surface area contributed by atoms with Crippen molar-refractivity contribution < 1.29 is 9.53 Å². The van der Waals surface area contributed by atoms with Crippen molar-refractivity contribution in [1.29, 1.82) is 0 Å². The molecule has 5 heteroatoms. The number of ketones is 1. The summed E-state index contributed by atoms with van der Waals surface area (Å²) in [6.45, 7) is 0. The molecule has 1 aliphatic rings. The Morgan fingerprint density at radius 3 is 2.81 bits per heavy atom. The van der Waals surface area contributed by atoms with Crippen LogP contribution in [0.25, 0.3) is 5.69 Å². The number of rotatable bonds is 4. The Bertz CT molecular complexity index is 621. The average molecular weight is 302 g/mol. The van der Waals surface area contributed by atoms with Gasteiger partial charge in [0.15, 0.2) is 5.16 Å². The Labute approximate surface area is 128 Å². The van der Waals surface area contributed by atoms with Crippen LogP contribution in [0.3, 0.4) is 0 Å². The van der Waals surface area contributed by atoms with Gasteiger partial charge >= 0.3 is 0 Å². The van der Waals surface area contributed by atoms with Crippen molar-refractivity contribution in [2.45, 2.75) is 36.1 Å². The van der Waals surface area contributed by atoms with Crippen LogP contribution >= 0.6 is 11.8 Å². The molecule has 1 aromatic carbocycles. The monoisotopic (exact) mass is 302 g/mol. The van der Waals surface area contributed by atoms with Crippen molar-refractivity contribution in [2.24, 2.45) is 0 Å². The quantitative estimate of drug-likeness (QED) is 0.867. The van der Waals surface area contributed by atoms with Gasteiger partial charge in [-0.25, -0.2) is 4.98 Å². The van der Waals surface area contributed by atoms with Crippen LogP contribution in [-0.4, -0.2) is 27.7 Å². The molecule has 21 heavy (non-hydrogen) atoms. The standard InChI is InChI=1S/C16H18N2O2S/c1-20-13-8-6-12(7-9-13)18-11-10-17-16(18)21-15-5-3-2-4-14(15)19/h6-11,15H,2-5H2,1H3/t15-/m0/s1. The summed E-state index contributed by atoms with van der Waals surface area (Å²) in [5.74, 6) is 1.19. The number of carbonyl (C=O) groups is 1. The normalized spacial score (nSPS) is 18.7. The van der Waals surface area contributed by atoms with Gasteiger partial charge in [0.1, 0.15) is 11.5 Å². The first-order chi connectivity index (χ1) is 10.3. The number of hydrogen-bond donors (Lipinski definition) is 0. The Hall–Kier alpha value is -1.75. The average Bonchev–Trinajstić information content (AvgIpc) is 2.98. The summed E-state index contributed by atoms with van der Waals surface area (Å²) in [5, 5.41) is 0.929. The summed E-state index contributed by atoms with van der Waals surface area (Å²) >= 11 is 1.58. The van der Waals surface area contributed by atoms with Gasteiger partial charge in [0.05, 0.1) is 12.4 Å². The van der Waals surface area contributed by atoms with E-state index in [0.29, 0.717) is 12.2 Å². The number of aromatic nitrogens is 2. The van der Waals surface area contributed by atoms with Gasteiger partial charge in [0.25, 0.3) is 0 Å². The first-order valence-corrected chi connectivity index (χ1v) is 8.03. The fourth-order valence-corrected chi connectivity index (χ4v) is 3.71. The van der Waals surface area contributed by atoms with Crippen LogP contribution in [0.1, 0.15) is 25.7 Å². The number of imidazole rings is 1. The van der Waals surface area contributed by atoms with Crippen molar-refractivity contribution in [1.82, 2.24) is 9.55 Å². The molecule has 110 valence electrons. The molecule has 0 spiro atoms. The van der Waals surface area contributed by atoms with Crippen LogP contribution in [0.4, 0.5) is 0 Å². The Kier molecular flexibility index (Phi) is 4.29.